The fraction of sp³-hybridized carbons (Fsp3) is 0.130. The minimum atomic E-state index is -0.134. The van der Waals surface area contributed by atoms with Crippen molar-refractivity contribution in [3.63, 3.8) is 0 Å². The van der Waals surface area contributed by atoms with Crippen LogP contribution in [0.5, 0.6) is 5.75 Å². The summed E-state index contributed by atoms with van der Waals surface area (Å²) in [6.45, 7) is 4.62. The Hall–Kier alpha value is -3.25. The van der Waals surface area contributed by atoms with E-state index < -0.39 is 0 Å². The molecule has 1 saturated heterocycles. The minimum Gasteiger partial charge on any atom is -0.494 e. The summed E-state index contributed by atoms with van der Waals surface area (Å²) >= 11 is 1.34. The molecule has 1 aliphatic heterocycles. The molecule has 146 valence electrons. The molecule has 4 rings (SSSR count). The summed E-state index contributed by atoms with van der Waals surface area (Å²) in [7, 11) is 0. The Balaban J connectivity index is 1.53. The van der Waals surface area contributed by atoms with E-state index in [1.807, 2.05) is 61.7 Å². The van der Waals surface area contributed by atoms with Crippen LogP contribution in [-0.2, 0) is 4.79 Å². The Morgan fingerprint density at radius 1 is 1.14 bits per heavy atom. The van der Waals surface area contributed by atoms with Gasteiger partial charge in [-0.05, 0) is 79.7 Å². The van der Waals surface area contributed by atoms with Gasteiger partial charge in [0, 0.05) is 17.6 Å². The maximum Gasteiger partial charge on any atom is 0.264 e. The van der Waals surface area contributed by atoms with Gasteiger partial charge >= 0.3 is 0 Å². The first-order chi connectivity index (χ1) is 14.1. The number of amides is 1. The molecular formula is C23H21N3O2S. The van der Waals surface area contributed by atoms with Crippen LogP contribution in [0.2, 0.25) is 0 Å². The quantitative estimate of drug-likeness (QED) is 0.605. The standard InChI is InChI=1S/C23H21N3O2S/c1-3-28-20-11-9-18(10-12-20)24-23-25-22(27)21(29-23)14-17-13-16(2)26(15-17)19-7-5-4-6-8-19/h4-15H,3H2,1-2H3,(H,24,25,27)/b21-14+. The lowest BCUT2D eigenvalue weighted by atomic mass is 10.3. The minimum absolute atomic E-state index is 0.134. The summed E-state index contributed by atoms with van der Waals surface area (Å²) in [6, 6.07) is 19.7. The zero-order chi connectivity index (χ0) is 20.2. The molecular weight excluding hydrogens is 382 g/mol. The first-order valence-electron chi connectivity index (χ1n) is 9.39. The Morgan fingerprint density at radius 2 is 1.90 bits per heavy atom. The van der Waals surface area contributed by atoms with E-state index in [0.717, 1.165) is 28.4 Å². The first kappa shape index (κ1) is 19.1. The zero-order valence-corrected chi connectivity index (χ0v) is 17.1. The normalized spacial score (nSPS) is 16.4. The molecule has 0 spiro atoms. The predicted octanol–water partition coefficient (Wildman–Crippen LogP) is 5.08. The molecule has 0 unspecified atom stereocenters. The molecule has 1 N–H and O–H groups in total. The lowest BCUT2D eigenvalue weighted by Crippen LogP contribution is -2.19. The van der Waals surface area contributed by atoms with Crippen molar-refractivity contribution in [1.29, 1.82) is 0 Å². The van der Waals surface area contributed by atoms with E-state index in [4.69, 9.17) is 4.74 Å². The summed E-state index contributed by atoms with van der Waals surface area (Å²) in [6.07, 6.45) is 3.93. The van der Waals surface area contributed by atoms with Crippen LogP contribution >= 0.6 is 11.8 Å². The molecule has 2 aromatic carbocycles. The largest absolute Gasteiger partial charge is 0.494 e. The number of aryl methyl sites for hydroxylation is 1. The van der Waals surface area contributed by atoms with Crippen LogP contribution in [-0.4, -0.2) is 22.2 Å². The van der Waals surface area contributed by atoms with Crippen LogP contribution in [0.25, 0.3) is 11.8 Å². The van der Waals surface area contributed by atoms with Crippen molar-refractivity contribution in [2.24, 2.45) is 4.99 Å². The maximum atomic E-state index is 12.4. The molecule has 1 aromatic heterocycles. The van der Waals surface area contributed by atoms with E-state index in [9.17, 15) is 4.79 Å². The number of hydrogen-bond donors (Lipinski definition) is 1. The van der Waals surface area contributed by atoms with Crippen LogP contribution in [0.15, 0.2) is 76.8 Å². The molecule has 0 atom stereocenters. The smallest absolute Gasteiger partial charge is 0.264 e. The third-order valence-electron chi connectivity index (χ3n) is 4.40. The SMILES string of the molecule is CCOc1ccc(N=C2NC(=O)/C(=C\c3cc(C)n(-c4ccccc4)c3)S2)cc1. The second-order valence-electron chi connectivity index (χ2n) is 6.53. The van der Waals surface area contributed by atoms with Crippen LogP contribution < -0.4 is 10.1 Å². The van der Waals surface area contributed by atoms with Crippen LogP contribution in [0, 0.1) is 6.92 Å². The Morgan fingerprint density at radius 3 is 2.62 bits per heavy atom. The third-order valence-corrected chi connectivity index (χ3v) is 5.30. The van der Waals surface area contributed by atoms with Gasteiger partial charge in [0.05, 0.1) is 17.2 Å². The van der Waals surface area contributed by atoms with Crippen molar-refractivity contribution in [1.82, 2.24) is 9.88 Å². The van der Waals surface area contributed by atoms with Crippen LogP contribution in [0.3, 0.4) is 0 Å². The number of thioether (sulfide) groups is 1. The highest BCUT2D eigenvalue weighted by molar-refractivity contribution is 8.18. The first-order valence-corrected chi connectivity index (χ1v) is 10.2. The highest BCUT2D eigenvalue weighted by Gasteiger charge is 2.24. The van der Waals surface area contributed by atoms with Crippen molar-refractivity contribution in [3.05, 3.63) is 83.0 Å². The number of amidine groups is 1. The number of nitrogens with one attached hydrogen (secondary N) is 1. The van der Waals surface area contributed by atoms with E-state index in [1.165, 1.54) is 11.8 Å². The summed E-state index contributed by atoms with van der Waals surface area (Å²) < 4.78 is 7.55. The van der Waals surface area contributed by atoms with Gasteiger partial charge in [0.1, 0.15) is 5.75 Å². The molecule has 6 heteroatoms. The van der Waals surface area contributed by atoms with E-state index in [2.05, 4.69) is 40.0 Å². The highest BCUT2D eigenvalue weighted by Crippen LogP contribution is 2.29. The van der Waals surface area contributed by atoms with Crippen LogP contribution in [0.1, 0.15) is 18.2 Å². The summed E-state index contributed by atoms with van der Waals surface area (Å²) in [5.74, 6) is 0.670. The molecule has 1 fully saturated rings. The molecule has 1 amide bonds. The fourth-order valence-electron chi connectivity index (χ4n) is 3.08. The van der Waals surface area contributed by atoms with Gasteiger partial charge in [-0.15, -0.1) is 0 Å². The number of ether oxygens (including phenoxy) is 1. The molecule has 0 saturated carbocycles. The number of rotatable bonds is 5. The molecule has 29 heavy (non-hydrogen) atoms. The van der Waals surface area contributed by atoms with Gasteiger partial charge in [-0.1, -0.05) is 18.2 Å². The van der Waals surface area contributed by atoms with Crippen molar-refractivity contribution in [2.45, 2.75) is 13.8 Å². The van der Waals surface area contributed by atoms with Gasteiger partial charge in [-0.3, -0.25) is 4.79 Å². The molecule has 0 radical (unpaired) electrons. The number of benzene rings is 2. The summed E-state index contributed by atoms with van der Waals surface area (Å²) in [4.78, 5) is 17.5. The van der Waals surface area contributed by atoms with Gasteiger partial charge in [0.15, 0.2) is 5.17 Å². The van der Waals surface area contributed by atoms with E-state index >= 15 is 0 Å². The molecule has 2 heterocycles. The fourth-order valence-corrected chi connectivity index (χ4v) is 3.92. The number of para-hydroxylation sites is 1. The van der Waals surface area contributed by atoms with Crippen LogP contribution in [0.4, 0.5) is 5.69 Å². The second kappa shape index (κ2) is 8.41. The number of aromatic nitrogens is 1. The zero-order valence-electron chi connectivity index (χ0n) is 16.3. The Kier molecular flexibility index (Phi) is 5.53. The molecule has 0 bridgehead atoms. The van der Waals surface area contributed by atoms with E-state index in [0.29, 0.717) is 16.7 Å². The average molecular weight is 404 g/mol. The Labute approximate surface area is 174 Å². The van der Waals surface area contributed by atoms with Gasteiger partial charge in [-0.25, -0.2) is 4.99 Å². The highest BCUT2D eigenvalue weighted by atomic mass is 32.2. The number of carbonyl (C=O) groups is 1. The van der Waals surface area contributed by atoms with E-state index in [-0.39, 0.29) is 5.91 Å². The third kappa shape index (κ3) is 4.43. The average Bonchev–Trinajstić information content (AvgIpc) is 3.26. The van der Waals surface area contributed by atoms with Gasteiger partial charge in [0.2, 0.25) is 0 Å². The van der Waals surface area contributed by atoms with Gasteiger partial charge < -0.3 is 14.6 Å². The summed E-state index contributed by atoms with van der Waals surface area (Å²) in [5, 5.41) is 3.41. The van der Waals surface area contributed by atoms with Gasteiger partial charge in [0.25, 0.3) is 5.91 Å². The Bertz CT molecular complexity index is 1080. The van der Waals surface area contributed by atoms with E-state index in [1.54, 1.807) is 0 Å². The molecule has 1 aliphatic rings. The monoisotopic (exact) mass is 403 g/mol. The topological polar surface area (TPSA) is 55.6 Å². The number of aliphatic imine (C=N–C) groups is 1. The molecule has 3 aromatic rings. The number of nitrogens with zero attached hydrogens (tertiary/aromatic N) is 2. The predicted molar refractivity (Wildman–Crippen MR) is 119 cm³/mol. The number of hydrogen-bond acceptors (Lipinski definition) is 4. The lowest BCUT2D eigenvalue weighted by Gasteiger charge is -2.04. The van der Waals surface area contributed by atoms with Crippen molar-refractivity contribution in [2.75, 3.05) is 6.61 Å². The second-order valence-corrected chi connectivity index (χ2v) is 7.56. The lowest BCUT2D eigenvalue weighted by molar-refractivity contribution is -0.115. The van der Waals surface area contributed by atoms with Crippen molar-refractivity contribution in [3.8, 4) is 11.4 Å². The van der Waals surface area contributed by atoms with Crippen molar-refractivity contribution < 1.29 is 9.53 Å². The number of carbonyl (C=O) groups excluding carboxylic acids is 1. The van der Waals surface area contributed by atoms with Crippen molar-refractivity contribution >= 4 is 34.6 Å². The molecule has 0 aliphatic carbocycles. The summed E-state index contributed by atoms with van der Waals surface area (Å²) in [5.41, 5.74) is 3.94. The van der Waals surface area contributed by atoms with Gasteiger partial charge in [-0.2, -0.15) is 0 Å². The molecule has 5 nitrogen and oxygen atoms in total. The maximum absolute atomic E-state index is 12.4.